The molecule has 5 nitrogen and oxygen atoms in total. The van der Waals surface area contributed by atoms with Gasteiger partial charge in [-0.05, 0) is 67.6 Å². The van der Waals surface area contributed by atoms with Crippen molar-refractivity contribution in [2.75, 3.05) is 13.1 Å². The smallest absolute Gasteiger partial charge is 0.251 e. The molecule has 5 rings (SSSR count). The monoisotopic (exact) mass is 481 g/mol. The summed E-state index contributed by atoms with van der Waals surface area (Å²) in [5, 5.41) is 6.73. The van der Waals surface area contributed by atoms with Gasteiger partial charge >= 0.3 is 0 Å². The molecular weight excluding hydrogens is 446 g/mol. The third-order valence-electron chi connectivity index (χ3n) is 7.46. The number of aldehydes is 1. The van der Waals surface area contributed by atoms with E-state index in [-0.39, 0.29) is 5.91 Å². The fraction of sp³-hybridized carbons (Fsp3) is 0.355. The van der Waals surface area contributed by atoms with E-state index in [4.69, 9.17) is 0 Å². The molecule has 36 heavy (non-hydrogen) atoms. The molecule has 0 bridgehead atoms. The number of carbonyl (C=O) groups is 2. The predicted molar refractivity (Wildman–Crippen MR) is 143 cm³/mol. The summed E-state index contributed by atoms with van der Waals surface area (Å²) >= 11 is 0. The van der Waals surface area contributed by atoms with Gasteiger partial charge in [-0.3, -0.25) is 9.69 Å². The van der Waals surface area contributed by atoms with Gasteiger partial charge in [-0.2, -0.15) is 0 Å². The second kappa shape index (κ2) is 11.6. The maximum absolute atomic E-state index is 12.7. The average molecular weight is 482 g/mol. The number of nitrogens with zero attached hydrogens (tertiary/aromatic N) is 1. The van der Waals surface area contributed by atoms with Crippen molar-refractivity contribution >= 4 is 12.2 Å². The Labute approximate surface area is 213 Å². The van der Waals surface area contributed by atoms with E-state index < -0.39 is 6.04 Å². The zero-order valence-electron chi connectivity index (χ0n) is 20.7. The molecule has 1 unspecified atom stereocenters. The van der Waals surface area contributed by atoms with E-state index >= 15 is 0 Å². The van der Waals surface area contributed by atoms with Gasteiger partial charge in [-0.25, -0.2) is 0 Å². The first-order valence-electron chi connectivity index (χ1n) is 13.1. The molecule has 0 radical (unpaired) electrons. The molecule has 1 saturated heterocycles. The Kier molecular flexibility index (Phi) is 7.89. The summed E-state index contributed by atoms with van der Waals surface area (Å²) in [5.41, 5.74) is 4.28. The quantitative estimate of drug-likeness (QED) is 0.423. The molecule has 5 heteroatoms. The van der Waals surface area contributed by atoms with Crippen LogP contribution in [-0.2, 0) is 17.8 Å². The highest BCUT2D eigenvalue weighted by Gasteiger charge is 2.39. The molecule has 1 heterocycles. The first-order chi connectivity index (χ1) is 17.7. The maximum Gasteiger partial charge on any atom is 0.251 e. The van der Waals surface area contributed by atoms with Crippen LogP contribution in [0.1, 0.15) is 52.2 Å². The normalized spacial score (nSPS) is 21.0. The summed E-state index contributed by atoms with van der Waals surface area (Å²) in [6, 6.07) is 29.1. The van der Waals surface area contributed by atoms with Crippen molar-refractivity contribution in [1.82, 2.24) is 15.5 Å². The summed E-state index contributed by atoms with van der Waals surface area (Å²) in [6.45, 7) is 3.07. The van der Waals surface area contributed by atoms with Gasteiger partial charge in [0.25, 0.3) is 5.91 Å². The van der Waals surface area contributed by atoms with Crippen LogP contribution in [-0.4, -0.2) is 48.3 Å². The van der Waals surface area contributed by atoms with E-state index in [0.717, 1.165) is 31.5 Å². The molecule has 2 aliphatic rings. The molecule has 3 atom stereocenters. The van der Waals surface area contributed by atoms with Crippen molar-refractivity contribution in [3.8, 4) is 0 Å². The van der Waals surface area contributed by atoms with Crippen LogP contribution in [0.3, 0.4) is 0 Å². The zero-order valence-corrected chi connectivity index (χ0v) is 20.7. The maximum atomic E-state index is 12.7. The van der Waals surface area contributed by atoms with Crippen LogP contribution in [0.2, 0.25) is 0 Å². The fourth-order valence-electron chi connectivity index (χ4n) is 5.28. The highest BCUT2D eigenvalue weighted by molar-refractivity contribution is 5.95. The van der Waals surface area contributed by atoms with Gasteiger partial charge in [0.2, 0.25) is 0 Å². The highest BCUT2D eigenvalue weighted by atomic mass is 16.2. The Morgan fingerprint density at radius 1 is 0.889 bits per heavy atom. The molecule has 3 aromatic carbocycles. The number of nitrogens with one attached hydrogen (secondary N) is 2. The molecule has 1 aliphatic heterocycles. The van der Waals surface area contributed by atoms with E-state index in [1.165, 1.54) is 30.4 Å². The van der Waals surface area contributed by atoms with E-state index in [2.05, 4.69) is 45.9 Å². The van der Waals surface area contributed by atoms with Crippen LogP contribution in [0.15, 0.2) is 84.9 Å². The van der Waals surface area contributed by atoms with Gasteiger partial charge in [-0.15, -0.1) is 0 Å². The van der Waals surface area contributed by atoms with Gasteiger partial charge in [0, 0.05) is 30.1 Å². The standard InChI is InChI=1S/C31H35N3O2/c35-22-28(19-23-7-3-1-4-8-23)33-31(36)26-13-11-24(12-14-26)21-34-17-15-27(16-18-34)32-30-20-29(30)25-9-5-2-6-10-25/h1-14,22,27-30,32H,15-21H2,(H,33,36)/t28?,29-,30+/m0/s1. The Morgan fingerprint density at radius 2 is 1.56 bits per heavy atom. The number of amides is 1. The first-order valence-corrected chi connectivity index (χ1v) is 13.1. The number of carbonyl (C=O) groups excluding carboxylic acids is 2. The van der Waals surface area contributed by atoms with Crippen molar-refractivity contribution < 1.29 is 9.59 Å². The predicted octanol–water partition coefficient (Wildman–Crippen LogP) is 4.34. The Hall–Kier alpha value is -3.28. The van der Waals surface area contributed by atoms with Gasteiger partial charge in [0.15, 0.2) is 0 Å². The topological polar surface area (TPSA) is 61.4 Å². The minimum absolute atomic E-state index is 0.213. The van der Waals surface area contributed by atoms with Crippen molar-refractivity contribution in [3.63, 3.8) is 0 Å². The van der Waals surface area contributed by atoms with E-state index in [1.807, 2.05) is 54.6 Å². The third kappa shape index (κ3) is 6.48. The number of likely N-dealkylation sites (tertiary alicyclic amines) is 1. The second-order valence-electron chi connectivity index (χ2n) is 10.2. The van der Waals surface area contributed by atoms with Gasteiger partial charge in [0.1, 0.15) is 6.29 Å². The van der Waals surface area contributed by atoms with Crippen molar-refractivity contribution in [1.29, 1.82) is 0 Å². The Balaban J connectivity index is 1.05. The number of hydrogen-bond acceptors (Lipinski definition) is 4. The SMILES string of the molecule is O=CC(Cc1ccccc1)NC(=O)c1ccc(CN2CCC(N[C@@H]3C[C@H]3c3ccccc3)CC2)cc1. The third-order valence-corrected chi connectivity index (χ3v) is 7.46. The lowest BCUT2D eigenvalue weighted by Crippen LogP contribution is -2.43. The first kappa shape index (κ1) is 24.4. The minimum Gasteiger partial charge on any atom is -0.342 e. The van der Waals surface area contributed by atoms with Crippen molar-refractivity contribution in [2.24, 2.45) is 0 Å². The molecular formula is C31H35N3O2. The summed E-state index contributed by atoms with van der Waals surface area (Å²) < 4.78 is 0. The molecule has 0 aromatic heterocycles. The Bertz CT molecular complexity index is 1130. The van der Waals surface area contributed by atoms with E-state index in [9.17, 15) is 9.59 Å². The molecule has 0 spiro atoms. The number of piperidine rings is 1. The van der Waals surface area contributed by atoms with E-state index in [1.54, 1.807) is 0 Å². The molecule has 1 amide bonds. The van der Waals surface area contributed by atoms with Crippen LogP contribution in [0.5, 0.6) is 0 Å². The van der Waals surface area contributed by atoms with Crippen molar-refractivity contribution in [2.45, 2.75) is 56.3 Å². The number of rotatable bonds is 10. The van der Waals surface area contributed by atoms with Crippen LogP contribution in [0.4, 0.5) is 0 Å². The van der Waals surface area contributed by atoms with Gasteiger partial charge in [-0.1, -0.05) is 72.8 Å². The van der Waals surface area contributed by atoms with Crippen LogP contribution < -0.4 is 10.6 Å². The summed E-state index contributed by atoms with van der Waals surface area (Å²) in [4.78, 5) is 26.7. The molecule has 1 aliphatic carbocycles. The lowest BCUT2D eigenvalue weighted by Gasteiger charge is -2.32. The number of benzene rings is 3. The fourth-order valence-corrected chi connectivity index (χ4v) is 5.28. The van der Waals surface area contributed by atoms with Crippen LogP contribution >= 0.6 is 0 Å². The van der Waals surface area contributed by atoms with Gasteiger partial charge in [0.05, 0.1) is 6.04 Å². The zero-order chi connectivity index (χ0) is 24.7. The molecule has 2 N–H and O–H groups in total. The molecule has 3 aromatic rings. The summed E-state index contributed by atoms with van der Waals surface area (Å²) in [5.74, 6) is 0.468. The minimum atomic E-state index is -0.534. The second-order valence-corrected chi connectivity index (χ2v) is 10.2. The number of hydrogen-bond donors (Lipinski definition) is 2. The van der Waals surface area contributed by atoms with Crippen LogP contribution in [0, 0.1) is 0 Å². The highest BCUT2D eigenvalue weighted by Crippen LogP contribution is 2.41. The largest absolute Gasteiger partial charge is 0.342 e. The Morgan fingerprint density at radius 3 is 2.22 bits per heavy atom. The van der Waals surface area contributed by atoms with E-state index in [0.29, 0.717) is 30.0 Å². The van der Waals surface area contributed by atoms with Crippen LogP contribution in [0.25, 0.3) is 0 Å². The molecule has 1 saturated carbocycles. The molecule has 2 fully saturated rings. The average Bonchev–Trinajstić information content (AvgIpc) is 3.70. The summed E-state index contributed by atoms with van der Waals surface area (Å²) in [6.07, 6.45) is 4.90. The summed E-state index contributed by atoms with van der Waals surface area (Å²) in [7, 11) is 0. The lowest BCUT2D eigenvalue weighted by atomic mass is 10.0. The lowest BCUT2D eigenvalue weighted by molar-refractivity contribution is -0.109. The van der Waals surface area contributed by atoms with Gasteiger partial charge < -0.3 is 15.4 Å². The molecule has 186 valence electrons. The van der Waals surface area contributed by atoms with Crippen molar-refractivity contribution in [3.05, 3.63) is 107 Å².